The lowest BCUT2D eigenvalue weighted by Crippen LogP contribution is -2.46. The molecule has 1 heterocycles. The Labute approximate surface area is 145 Å². The summed E-state index contributed by atoms with van der Waals surface area (Å²) in [5.41, 5.74) is 2.28. The van der Waals surface area contributed by atoms with Crippen molar-refractivity contribution in [1.82, 2.24) is 4.90 Å². The maximum Gasteiger partial charge on any atom is 0.242 e. The van der Waals surface area contributed by atoms with Crippen LogP contribution in [0.1, 0.15) is 32.6 Å². The highest BCUT2D eigenvalue weighted by Crippen LogP contribution is 2.29. The lowest BCUT2D eigenvalue weighted by Gasteiger charge is -2.36. The van der Waals surface area contributed by atoms with Crippen molar-refractivity contribution >= 4 is 29.7 Å². The van der Waals surface area contributed by atoms with Crippen LogP contribution in [0.5, 0.6) is 0 Å². The van der Waals surface area contributed by atoms with Gasteiger partial charge in [-0.05, 0) is 43.7 Å². The number of rotatable bonds is 3. The van der Waals surface area contributed by atoms with Crippen molar-refractivity contribution < 1.29 is 4.79 Å². The van der Waals surface area contributed by atoms with E-state index >= 15 is 0 Å². The molecule has 1 saturated carbocycles. The standard InChI is InChI=1S/C18H27N3O.ClH/c1-14-7-9-15(10-8-14)20(2)18(22)13-21-12-11-19-16-5-3-4-6-17(16)21;/h3-6,14-15,19H,7-13H2,1-2H3;1H. The van der Waals surface area contributed by atoms with E-state index in [1.54, 1.807) is 0 Å². The number of para-hydroxylation sites is 2. The molecule has 0 bridgehead atoms. The first-order valence-corrected chi connectivity index (χ1v) is 8.48. The second-order valence-electron chi connectivity index (χ2n) is 6.78. The van der Waals surface area contributed by atoms with Crippen LogP contribution in [-0.2, 0) is 4.79 Å². The molecule has 0 radical (unpaired) electrons. The van der Waals surface area contributed by atoms with Crippen LogP contribution in [0.2, 0.25) is 0 Å². The highest BCUT2D eigenvalue weighted by atomic mass is 35.5. The first-order valence-electron chi connectivity index (χ1n) is 8.48. The predicted molar refractivity (Wildman–Crippen MR) is 98.6 cm³/mol. The van der Waals surface area contributed by atoms with Crippen molar-refractivity contribution in [2.75, 3.05) is 36.9 Å². The van der Waals surface area contributed by atoms with Gasteiger partial charge < -0.3 is 15.1 Å². The number of amides is 1. The highest BCUT2D eigenvalue weighted by molar-refractivity contribution is 5.85. The zero-order chi connectivity index (χ0) is 15.5. The van der Waals surface area contributed by atoms with E-state index in [0.717, 1.165) is 43.2 Å². The van der Waals surface area contributed by atoms with Crippen molar-refractivity contribution in [3.05, 3.63) is 24.3 Å². The number of benzene rings is 1. The van der Waals surface area contributed by atoms with Gasteiger partial charge in [0.1, 0.15) is 0 Å². The smallest absolute Gasteiger partial charge is 0.242 e. The number of hydrogen-bond donors (Lipinski definition) is 1. The Morgan fingerprint density at radius 3 is 2.70 bits per heavy atom. The van der Waals surface area contributed by atoms with E-state index in [-0.39, 0.29) is 18.3 Å². The van der Waals surface area contributed by atoms with E-state index < -0.39 is 0 Å². The molecule has 1 aromatic carbocycles. The monoisotopic (exact) mass is 337 g/mol. The van der Waals surface area contributed by atoms with E-state index in [4.69, 9.17) is 0 Å². The molecule has 2 aliphatic rings. The van der Waals surface area contributed by atoms with Gasteiger partial charge in [-0.25, -0.2) is 0 Å². The summed E-state index contributed by atoms with van der Waals surface area (Å²) in [5, 5.41) is 3.40. The summed E-state index contributed by atoms with van der Waals surface area (Å²) in [6, 6.07) is 8.68. The molecule has 0 atom stereocenters. The fourth-order valence-corrected chi connectivity index (χ4v) is 3.62. The molecule has 0 spiro atoms. The van der Waals surface area contributed by atoms with Gasteiger partial charge >= 0.3 is 0 Å². The number of likely N-dealkylation sites (N-methyl/N-ethyl adjacent to an activating group) is 1. The first-order chi connectivity index (χ1) is 10.6. The molecule has 1 aliphatic heterocycles. The Morgan fingerprint density at radius 2 is 1.96 bits per heavy atom. The summed E-state index contributed by atoms with van der Waals surface area (Å²) in [6.45, 7) is 4.59. The zero-order valence-electron chi connectivity index (χ0n) is 14.1. The van der Waals surface area contributed by atoms with Gasteiger partial charge in [-0.3, -0.25) is 4.79 Å². The predicted octanol–water partition coefficient (Wildman–Crippen LogP) is 3.38. The molecule has 0 aromatic heterocycles. The Hall–Kier alpha value is -1.42. The number of nitrogens with one attached hydrogen (secondary N) is 1. The van der Waals surface area contributed by atoms with Gasteiger partial charge in [0.05, 0.1) is 17.9 Å². The average molecular weight is 338 g/mol. The molecule has 1 aliphatic carbocycles. The number of carbonyl (C=O) groups excluding carboxylic acids is 1. The minimum atomic E-state index is 0. The van der Waals surface area contributed by atoms with Gasteiger partial charge in [-0.15, -0.1) is 12.4 Å². The van der Waals surface area contributed by atoms with E-state index in [0.29, 0.717) is 12.6 Å². The van der Waals surface area contributed by atoms with Crippen LogP contribution < -0.4 is 10.2 Å². The number of halogens is 1. The van der Waals surface area contributed by atoms with Gasteiger partial charge in [0.15, 0.2) is 0 Å². The van der Waals surface area contributed by atoms with Crippen molar-refractivity contribution in [3.8, 4) is 0 Å². The molecule has 1 N–H and O–H groups in total. The maximum atomic E-state index is 12.7. The highest BCUT2D eigenvalue weighted by Gasteiger charge is 2.26. The SMILES string of the molecule is CC1CCC(N(C)C(=O)CN2CCNc3ccccc32)CC1.Cl. The Morgan fingerprint density at radius 1 is 1.26 bits per heavy atom. The van der Waals surface area contributed by atoms with E-state index in [1.165, 1.54) is 12.8 Å². The summed E-state index contributed by atoms with van der Waals surface area (Å²) in [5.74, 6) is 1.07. The number of carbonyl (C=O) groups is 1. The normalized spacial score (nSPS) is 23.3. The average Bonchev–Trinajstić information content (AvgIpc) is 2.55. The third-order valence-corrected chi connectivity index (χ3v) is 5.19. The maximum absolute atomic E-state index is 12.7. The second-order valence-corrected chi connectivity index (χ2v) is 6.78. The molecule has 128 valence electrons. The summed E-state index contributed by atoms with van der Waals surface area (Å²) < 4.78 is 0. The minimum absolute atomic E-state index is 0. The zero-order valence-corrected chi connectivity index (χ0v) is 14.9. The molecule has 5 heteroatoms. The van der Waals surface area contributed by atoms with Gasteiger partial charge in [0.2, 0.25) is 5.91 Å². The van der Waals surface area contributed by atoms with Gasteiger partial charge in [-0.1, -0.05) is 19.1 Å². The number of nitrogens with zero attached hydrogens (tertiary/aromatic N) is 2. The molecule has 3 rings (SSSR count). The molecule has 0 saturated heterocycles. The van der Waals surface area contributed by atoms with Crippen molar-refractivity contribution in [2.45, 2.75) is 38.6 Å². The van der Waals surface area contributed by atoms with E-state index in [9.17, 15) is 4.79 Å². The molecule has 0 unspecified atom stereocenters. The number of anilines is 2. The van der Waals surface area contributed by atoms with Crippen LogP contribution in [0.15, 0.2) is 24.3 Å². The number of hydrogen-bond acceptors (Lipinski definition) is 3. The van der Waals surface area contributed by atoms with Crippen LogP contribution in [0.4, 0.5) is 11.4 Å². The van der Waals surface area contributed by atoms with Crippen LogP contribution in [0.3, 0.4) is 0 Å². The van der Waals surface area contributed by atoms with Crippen LogP contribution in [0.25, 0.3) is 0 Å². The molecule has 1 fully saturated rings. The topological polar surface area (TPSA) is 35.6 Å². The quantitative estimate of drug-likeness (QED) is 0.918. The summed E-state index contributed by atoms with van der Waals surface area (Å²) >= 11 is 0. The van der Waals surface area contributed by atoms with Crippen LogP contribution >= 0.6 is 12.4 Å². The number of fused-ring (bicyclic) bond motifs is 1. The lowest BCUT2D eigenvalue weighted by molar-refractivity contribution is -0.131. The van der Waals surface area contributed by atoms with Gasteiger partial charge in [0, 0.05) is 26.2 Å². The second kappa shape index (κ2) is 7.91. The third-order valence-electron chi connectivity index (χ3n) is 5.19. The van der Waals surface area contributed by atoms with Crippen molar-refractivity contribution in [3.63, 3.8) is 0 Å². The Bertz CT molecular complexity index is 529. The fraction of sp³-hybridized carbons (Fsp3) is 0.611. The third kappa shape index (κ3) is 4.11. The summed E-state index contributed by atoms with van der Waals surface area (Å²) in [4.78, 5) is 16.9. The molecule has 23 heavy (non-hydrogen) atoms. The first kappa shape index (κ1) is 17.9. The Balaban J connectivity index is 0.00000192. The largest absolute Gasteiger partial charge is 0.382 e. The van der Waals surface area contributed by atoms with Gasteiger partial charge in [0.25, 0.3) is 0 Å². The van der Waals surface area contributed by atoms with Crippen molar-refractivity contribution in [1.29, 1.82) is 0 Å². The molecular weight excluding hydrogens is 310 g/mol. The molecule has 4 nitrogen and oxygen atoms in total. The summed E-state index contributed by atoms with van der Waals surface area (Å²) in [6.07, 6.45) is 4.81. The van der Waals surface area contributed by atoms with Crippen LogP contribution in [0, 0.1) is 5.92 Å². The molecular formula is C18H28ClN3O. The summed E-state index contributed by atoms with van der Waals surface area (Å²) in [7, 11) is 1.98. The van der Waals surface area contributed by atoms with Crippen molar-refractivity contribution in [2.24, 2.45) is 5.92 Å². The Kier molecular flexibility index (Phi) is 6.17. The minimum Gasteiger partial charge on any atom is -0.382 e. The van der Waals surface area contributed by atoms with E-state index in [2.05, 4.69) is 29.3 Å². The van der Waals surface area contributed by atoms with Crippen LogP contribution in [-0.4, -0.2) is 43.5 Å². The fourth-order valence-electron chi connectivity index (χ4n) is 3.62. The lowest BCUT2D eigenvalue weighted by atomic mass is 9.87. The van der Waals surface area contributed by atoms with Gasteiger partial charge in [-0.2, -0.15) is 0 Å². The molecule has 1 amide bonds. The molecule has 1 aromatic rings. The van der Waals surface area contributed by atoms with E-state index in [1.807, 2.05) is 24.1 Å².